The average Bonchev–Trinajstić information content (AvgIpc) is 2.29. The molecule has 3 nitrogen and oxygen atoms in total. The van der Waals surface area contributed by atoms with Gasteiger partial charge in [-0.15, -0.1) is 23.2 Å². The maximum Gasteiger partial charge on any atom is 0.223 e. The fraction of sp³-hybridized carbons (Fsp3) is 0.556. The van der Waals surface area contributed by atoms with Crippen LogP contribution in [-0.2, 0) is 0 Å². The second-order valence-electron chi connectivity index (χ2n) is 3.25. The number of hydrogen-bond donors (Lipinski definition) is 1. The van der Waals surface area contributed by atoms with E-state index in [9.17, 15) is 0 Å². The van der Waals surface area contributed by atoms with E-state index in [-0.39, 0.29) is 5.54 Å². The Morgan fingerprint density at radius 2 is 1.87 bits per heavy atom. The van der Waals surface area contributed by atoms with Crippen molar-refractivity contribution in [1.29, 1.82) is 0 Å². The number of rotatable bonds is 5. The van der Waals surface area contributed by atoms with Gasteiger partial charge in [-0.2, -0.15) is 0 Å². The van der Waals surface area contributed by atoms with Crippen LogP contribution < -0.4 is 5.32 Å². The SMILES string of the molecule is CCC(CCl)(CCl)Nc1ncc(Br)cn1. The van der Waals surface area contributed by atoms with Gasteiger partial charge in [-0.25, -0.2) is 9.97 Å². The van der Waals surface area contributed by atoms with Crippen molar-refractivity contribution in [3.8, 4) is 0 Å². The summed E-state index contributed by atoms with van der Waals surface area (Å²) in [5.41, 5.74) is -0.336. The predicted octanol–water partition coefficient (Wildman–Crippen LogP) is 3.28. The lowest BCUT2D eigenvalue weighted by Gasteiger charge is -2.29. The highest BCUT2D eigenvalue weighted by Crippen LogP contribution is 2.20. The van der Waals surface area contributed by atoms with Crippen molar-refractivity contribution in [2.45, 2.75) is 18.9 Å². The number of nitrogens with one attached hydrogen (secondary N) is 1. The van der Waals surface area contributed by atoms with Gasteiger partial charge < -0.3 is 5.32 Å². The van der Waals surface area contributed by atoms with Gasteiger partial charge >= 0.3 is 0 Å². The standard InChI is InChI=1S/C9H12BrCl2N3/c1-2-9(5-11,6-12)15-8-13-3-7(10)4-14-8/h3-4H,2,5-6H2,1H3,(H,13,14,15). The van der Waals surface area contributed by atoms with Crippen molar-refractivity contribution in [3.63, 3.8) is 0 Å². The van der Waals surface area contributed by atoms with E-state index >= 15 is 0 Å². The molecule has 0 saturated heterocycles. The molecule has 0 spiro atoms. The Balaban J connectivity index is 2.78. The molecule has 0 amide bonds. The second kappa shape index (κ2) is 5.87. The molecule has 0 aromatic carbocycles. The monoisotopic (exact) mass is 311 g/mol. The molecule has 0 aliphatic rings. The lowest BCUT2D eigenvalue weighted by Crippen LogP contribution is -2.42. The summed E-state index contributed by atoms with van der Waals surface area (Å²) in [7, 11) is 0. The molecule has 0 bridgehead atoms. The number of halogens is 3. The van der Waals surface area contributed by atoms with Crippen molar-refractivity contribution < 1.29 is 0 Å². The van der Waals surface area contributed by atoms with Gasteiger partial charge in [-0.3, -0.25) is 0 Å². The highest BCUT2D eigenvalue weighted by Gasteiger charge is 2.26. The quantitative estimate of drug-likeness (QED) is 0.848. The summed E-state index contributed by atoms with van der Waals surface area (Å²) in [5.74, 6) is 1.39. The molecule has 1 heterocycles. The van der Waals surface area contributed by atoms with Gasteiger partial charge in [0.1, 0.15) is 0 Å². The molecular formula is C9H12BrCl2N3. The Bertz CT molecular complexity index is 292. The lowest BCUT2D eigenvalue weighted by molar-refractivity contribution is 0.555. The third-order valence-corrected chi connectivity index (χ3v) is 3.62. The number of anilines is 1. The summed E-state index contributed by atoms with van der Waals surface area (Å²) in [6.45, 7) is 2.02. The van der Waals surface area contributed by atoms with Crippen LogP contribution in [0.1, 0.15) is 13.3 Å². The summed E-state index contributed by atoms with van der Waals surface area (Å²) < 4.78 is 0.840. The topological polar surface area (TPSA) is 37.8 Å². The van der Waals surface area contributed by atoms with E-state index in [4.69, 9.17) is 23.2 Å². The molecule has 0 fully saturated rings. The van der Waals surface area contributed by atoms with Gasteiger partial charge in [0.2, 0.25) is 5.95 Å². The molecule has 0 saturated carbocycles. The molecule has 6 heteroatoms. The molecular weight excluding hydrogens is 301 g/mol. The fourth-order valence-corrected chi connectivity index (χ4v) is 2.00. The largest absolute Gasteiger partial charge is 0.346 e. The van der Waals surface area contributed by atoms with Crippen LogP contribution in [0.5, 0.6) is 0 Å². The molecule has 0 radical (unpaired) electrons. The van der Waals surface area contributed by atoms with Gasteiger partial charge in [0.15, 0.2) is 0 Å². The summed E-state index contributed by atoms with van der Waals surface area (Å²) >= 11 is 15.1. The minimum Gasteiger partial charge on any atom is -0.346 e. The summed E-state index contributed by atoms with van der Waals surface area (Å²) in [6.07, 6.45) is 4.18. The second-order valence-corrected chi connectivity index (χ2v) is 4.70. The molecule has 1 N–H and O–H groups in total. The van der Waals surface area contributed by atoms with Crippen LogP contribution in [0.3, 0.4) is 0 Å². The number of alkyl halides is 2. The first kappa shape index (κ1) is 13.0. The molecule has 0 unspecified atom stereocenters. The zero-order valence-electron chi connectivity index (χ0n) is 8.30. The van der Waals surface area contributed by atoms with Gasteiger partial charge in [-0.1, -0.05) is 6.92 Å². The maximum absolute atomic E-state index is 5.89. The molecule has 1 aromatic rings. The maximum atomic E-state index is 5.89. The van der Waals surface area contributed by atoms with Crippen LogP contribution in [0.25, 0.3) is 0 Å². The molecule has 1 rings (SSSR count). The Labute approximate surface area is 108 Å². The zero-order valence-corrected chi connectivity index (χ0v) is 11.4. The minimum absolute atomic E-state index is 0.336. The number of aromatic nitrogens is 2. The van der Waals surface area contributed by atoms with E-state index in [1.165, 1.54) is 0 Å². The molecule has 0 aliphatic heterocycles. The lowest BCUT2D eigenvalue weighted by atomic mass is 10.0. The minimum atomic E-state index is -0.336. The smallest absolute Gasteiger partial charge is 0.223 e. The summed E-state index contributed by atoms with van der Waals surface area (Å²) in [5, 5.41) is 3.16. The average molecular weight is 313 g/mol. The van der Waals surface area contributed by atoms with Crippen molar-refractivity contribution >= 4 is 45.1 Å². The fourth-order valence-electron chi connectivity index (χ4n) is 0.994. The third kappa shape index (κ3) is 3.47. The first-order valence-electron chi connectivity index (χ1n) is 4.53. The Morgan fingerprint density at radius 3 is 2.27 bits per heavy atom. The first-order valence-corrected chi connectivity index (χ1v) is 6.39. The number of nitrogens with zero attached hydrogens (tertiary/aromatic N) is 2. The zero-order chi connectivity index (χ0) is 11.3. The summed E-state index contributed by atoms with van der Waals surface area (Å²) in [4.78, 5) is 8.24. The van der Waals surface area contributed by atoms with Gasteiger partial charge in [0.25, 0.3) is 0 Å². The van der Waals surface area contributed by atoms with Crippen LogP contribution in [0.4, 0.5) is 5.95 Å². The van der Waals surface area contributed by atoms with Crippen LogP contribution in [0.15, 0.2) is 16.9 Å². The van der Waals surface area contributed by atoms with Crippen molar-refractivity contribution in [2.75, 3.05) is 17.1 Å². The van der Waals surface area contributed by atoms with Crippen molar-refractivity contribution in [3.05, 3.63) is 16.9 Å². The molecule has 0 aliphatic carbocycles. The van der Waals surface area contributed by atoms with Crippen LogP contribution >= 0.6 is 39.1 Å². The van der Waals surface area contributed by atoms with Crippen molar-refractivity contribution in [2.24, 2.45) is 0 Å². The van der Waals surface area contributed by atoms with Gasteiger partial charge in [-0.05, 0) is 22.4 Å². The number of hydrogen-bond acceptors (Lipinski definition) is 3. The third-order valence-electron chi connectivity index (χ3n) is 2.19. The first-order chi connectivity index (χ1) is 7.15. The Morgan fingerprint density at radius 1 is 1.33 bits per heavy atom. The predicted molar refractivity (Wildman–Crippen MR) is 67.8 cm³/mol. The van der Waals surface area contributed by atoms with Gasteiger partial charge in [0, 0.05) is 24.2 Å². The molecule has 1 aromatic heterocycles. The summed E-state index contributed by atoms with van der Waals surface area (Å²) in [6, 6.07) is 0. The Hall–Kier alpha value is -0.0600. The van der Waals surface area contributed by atoms with Crippen LogP contribution in [0.2, 0.25) is 0 Å². The van der Waals surface area contributed by atoms with E-state index in [0.29, 0.717) is 17.7 Å². The highest BCUT2D eigenvalue weighted by atomic mass is 79.9. The van der Waals surface area contributed by atoms with Crippen molar-refractivity contribution in [1.82, 2.24) is 9.97 Å². The van der Waals surface area contributed by atoms with Gasteiger partial charge in [0.05, 0.1) is 10.0 Å². The van der Waals surface area contributed by atoms with E-state index in [1.807, 2.05) is 6.92 Å². The van der Waals surface area contributed by atoms with E-state index in [0.717, 1.165) is 10.9 Å². The molecule has 15 heavy (non-hydrogen) atoms. The van der Waals surface area contributed by atoms with E-state index in [2.05, 4.69) is 31.2 Å². The Kier molecular flexibility index (Phi) is 5.09. The van der Waals surface area contributed by atoms with Crippen LogP contribution in [0, 0.1) is 0 Å². The van der Waals surface area contributed by atoms with E-state index < -0.39 is 0 Å². The highest BCUT2D eigenvalue weighted by molar-refractivity contribution is 9.10. The molecule has 84 valence electrons. The van der Waals surface area contributed by atoms with Crippen LogP contribution in [-0.4, -0.2) is 27.3 Å². The van der Waals surface area contributed by atoms with E-state index in [1.54, 1.807) is 12.4 Å². The molecule has 0 atom stereocenters. The normalized spacial score (nSPS) is 11.5.